The van der Waals surface area contributed by atoms with Gasteiger partial charge in [-0.25, -0.2) is 0 Å². The summed E-state index contributed by atoms with van der Waals surface area (Å²) in [6, 6.07) is 9.38. The van der Waals surface area contributed by atoms with Gasteiger partial charge < -0.3 is 9.47 Å². The van der Waals surface area contributed by atoms with Gasteiger partial charge in [-0.3, -0.25) is 0 Å². The van der Waals surface area contributed by atoms with Crippen molar-refractivity contribution in [3.8, 4) is 5.75 Å². The van der Waals surface area contributed by atoms with Gasteiger partial charge in [0.25, 0.3) is 0 Å². The summed E-state index contributed by atoms with van der Waals surface area (Å²) in [5, 5.41) is 0. The smallest absolute Gasteiger partial charge is 0.196 e. The summed E-state index contributed by atoms with van der Waals surface area (Å²) >= 11 is 0. The number of ether oxygens (including phenoxy) is 2. The molecule has 0 radical (unpaired) electrons. The predicted octanol–water partition coefficient (Wildman–Crippen LogP) is 0.923. The zero-order valence-corrected chi connectivity index (χ0v) is 10.4. The number of hydrogen-bond donors (Lipinski definition) is 0. The average molecular weight is 196 g/mol. The van der Waals surface area contributed by atoms with Crippen LogP contribution >= 0.6 is 0 Å². The lowest BCUT2D eigenvalue weighted by Gasteiger charge is -2.12. The monoisotopic (exact) mass is 196 g/mol. The molecule has 0 N–H and O–H groups in total. The van der Waals surface area contributed by atoms with Crippen molar-refractivity contribution >= 4 is 10.2 Å². The molecule has 2 nitrogen and oxygen atoms in total. The molecule has 0 spiro atoms. The normalized spacial score (nSPS) is 12.8. The summed E-state index contributed by atoms with van der Waals surface area (Å²) in [5.41, 5.74) is 1.38. The molecule has 13 heavy (non-hydrogen) atoms. The van der Waals surface area contributed by atoms with Gasteiger partial charge in [-0.1, -0.05) is 17.7 Å². The fourth-order valence-corrected chi connectivity index (χ4v) is 1.51. The lowest BCUT2D eigenvalue weighted by molar-refractivity contribution is -0.0382. The van der Waals surface area contributed by atoms with Crippen molar-refractivity contribution in [2.75, 3.05) is 7.11 Å². The highest BCUT2D eigenvalue weighted by Gasteiger charge is 2.00. The maximum absolute atomic E-state index is 5.45. The first-order valence-electron chi connectivity index (χ1n) is 4.54. The van der Waals surface area contributed by atoms with Crippen LogP contribution in [0.2, 0.25) is 0 Å². The van der Waals surface area contributed by atoms with Crippen LogP contribution in [0.1, 0.15) is 12.5 Å². The van der Waals surface area contributed by atoms with Gasteiger partial charge in [0.1, 0.15) is 5.75 Å². The van der Waals surface area contributed by atoms with E-state index in [4.69, 9.17) is 9.47 Å². The number of rotatable bonds is 4. The molecule has 0 aliphatic heterocycles. The van der Waals surface area contributed by atoms with Crippen LogP contribution in [-0.2, 0) is 10.8 Å². The van der Waals surface area contributed by atoms with Crippen molar-refractivity contribution in [1.82, 2.24) is 0 Å². The van der Waals surface area contributed by atoms with Gasteiger partial charge in [-0.2, -0.15) is 0 Å². The van der Waals surface area contributed by atoms with E-state index in [2.05, 4.69) is 12.1 Å². The van der Waals surface area contributed by atoms with Crippen LogP contribution in [0.3, 0.4) is 0 Å². The van der Waals surface area contributed by atoms with Crippen LogP contribution in [0.4, 0.5) is 0 Å². The Labute approximate surface area is 82.3 Å². The Kier molecular flexibility index (Phi) is 3.99. The molecule has 0 aromatic heterocycles. The lowest BCUT2D eigenvalue weighted by atomic mass is 10.2. The third-order valence-electron chi connectivity index (χ3n) is 1.97. The lowest BCUT2D eigenvalue weighted by Crippen LogP contribution is -2.13. The first-order valence-corrected chi connectivity index (χ1v) is 5.96. The number of hydrogen-bond acceptors (Lipinski definition) is 2. The second-order valence-electron chi connectivity index (χ2n) is 2.92. The van der Waals surface area contributed by atoms with Crippen LogP contribution in [0.25, 0.3) is 0 Å². The summed E-state index contributed by atoms with van der Waals surface area (Å²) in [7, 11) is 2.84. The molecule has 0 saturated carbocycles. The SMILES string of the molecule is COC(C)Oc1ccc(C[SiH3])cc1. The highest BCUT2D eigenvalue weighted by Crippen LogP contribution is 2.13. The molecule has 0 amide bonds. The quantitative estimate of drug-likeness (QED) is 0.527. The van der Waals surface area contributed by atoms with E-state index < -0.39 is 0 Å². The highest BCUT2D eigenvalue weighted by atomic mass is 28.1. The third kappa shape index (κ3) is 3.20. The van der Waals surface area contributed by atoms with Crippen molar-refractivity contribution in [3.05, 3.63) is 29.8 Å². The first-order chi connectivity index (χ1) is 6.26. The van der Waals surface area contributed by atoms with Crippen molar-refractivity contribution in [2.24, 2.45) is 0 Å². The van der Waals surface area contributed by atoms with Crippen LogP contribution in [-0.4, -0.2) is 23.6 Å². The van der Waals surface area contributed by atoms with Crippen molar-refractivity contribution in [3.63, 3.8) is 0 Å². The van der Waals surface area contributed by atoms with Crippen LogP contribution < -0.4 is 4.74 Å². The van der Waals surface area contributed by atoms with Gasteiger partial charge in [0.05, 0.1) is 0 Å². The zero-order valence-electron chi connectivity index (χ0n) is 8.41. The Bertz CT molecular complexity index is 246. The average Bonchev–Trinajstić information content (AvgIpc) is 2.19. The fraction of sp³-hybridized carbons (Fsp3) is 0.400. The van der Waals surface area contributed by atoms with Crippen LogP contribution in [0, 0.1) is 0 Å². The van der Waals surface area contributed by atoms with E-state index in [1.807, 2.05) is 19.1 Å². The molecule has 0 aliphatic carbocycles. The van der Waals surface area contributed by atoms with Crippen LogP contribution in [0.15, 0.2) is 24.3 Å². The number of methoxy groups -OCH3 is 1. The topological polar surface area (TPSA) is 18.5 Å². The zero-order chi connectivity index (χ0) is 9.68. The molecule has 0 aliphatic rings. The van der Waals surface area contributed by atoms with Gasteiger partial charge in [-0.05, 0) is 25.1 Å². The summed E-state index contributed by atoms with van der Waals surface area (Å²) in [6.07, 6.45) is -0.179. The van der Waals surface area contributed by atoms with Gasteiger partial charge in [0.2, 0.25) is 0 Å². The van der Waals surface area contributed by atoms with Crippen molar-refractivity contribution < 1.29 is 9.47 Å². The van der Waals surface area contributed by atoms with E-state index in [0.717, 1.165) is 5.75 Å². The molecule has 3 heteroatoms. The van der Waals surface area contributed by atoms with Gasteiger partial charge >= 0.3 is 0 Å². The standard InChI is InChI=1S/C10H16O2Si/c1-8(11-2)12-10-5-3-9(7-13)4-6-10/h3-6,8H,7H2,1-2,13H3. The molecule has 72 valence electrons. The second kappa shape index (κ2) is 5.04. The molecule has 1 unspecified atom stereocenters. The third-order valence-corrected chi connectivity index (χ3v) is 2.78. The molecule has 1 atom stereocenters. The van der Waals surface area contributed by atoms with E-state index in [9.17, 15) is 0 Å². The Hall–Kier alpha value is -0.803. The Morgan fingerprint density at radius 2 is 1.92 bits per heavy atom. The Balaban J connectivity index is 2.58. The highest BCUT2D eigenvalue weighted by molar-refractivity contribution is 6.08. The van der Waals surface area contributed by atoms with Gasteiger partial charge in [0.15, 0.2) is 6.29 Å². The minimum atomic E-state index is -0.179. The van der Waals surface area contributed by atoms with E-state index in [1.165, 1.54) is 21.9 Å². The van der Waals surface area contributed by atoms with Gasteiger partial charge in [0, 0.05) is 17.4 Å². The van der Waals surface area contributed by atoms with E-state index >= 15 is 0 Å². The van der Waals surface area contributed by atoms with Crippen LogP contribution in [0.5, 0.6) is 5.75 Å². The van der Waals surface area contributed by atoms with E-state index in [0.29, 0.717) is 0 Å². The largest absolute Gasteiger partial charge is 0.465 e. The molecule has 1 aromatic rings. The molecule has 1 aromatic carbocycles. The predicted molar refractivity (Wildman–Crippen MR) is 57.2 cm³/mol. The molecular formula is C10H16O2Si. The second-order valence-corrected chi connectivity index (χ2v) is 3.63. The summed E-state index contributed by atoms with van der Waals surface area (Å²) in [6.45, 7) is 1.88. The minimum absolute atomic E-state index is 0.179. The van der Waals surface area contributed by atoms with E-state index in [-0.39, 0.29) is 6.29 Å². The summed E-state index contributed by atoms with van der Waals surface area (Å²) in [4.78, 5) is 0. The summed E-state index contributed by atoms with van der Waals surface area (Å²) < 4.78 is 10.4. The molecule has 0 fully saturated rings. The maximum Gasteiger partial charge on any atom is 0.196 e. The molecule has 0 heterocycles. The number of benzene rings is 1. The van der Waals surface area contributed by atoms with Crippen molar-refractivity contribution in [2.45, 2.75) is 19.3 Å². The molecule has 0 saturated heterocycles. The fourth-order valence-electron chi connectivity index (χ4n) is 1.04. The van der Waals surface area contributed by atoms with Crippen molar-refractivity contribution in [1.29, 1.82) is 0 Å². The first kappa shape index (κ1) is 10.3. The summed E-state index contributed by atoms with van der Waals surface area (Å²) in [5.74, 6) is 0.869. The molecule has 0 bridgehead atoms. The molecular weight excluding hydrogens is 180 g/mol. The Morgan fingerprint density at radius 1 is 1.31 bits per heavy atom. The van der Waals surface area contributed by atoms with E-state index in [1.54, 1.807) is 7.11 Å². The Morgan fingerprint density at radius 3 is 2.38 bits per heavy atom. The van der Waals surface area contributed by atoms with Gasteiger partial charge in [-0.15, -0.1) is 0 Å². The maximum atomic E-state index is 5.45. The molecule has 1 rings (SSSR count). The minimum Gasteiger partial charge on any atom is -0.465 e.